The molecule has 1 saturated heterocycles. The number of carbonyl (C=O) groups is 1. The number of amides is 1. The Labute approximate surface area is 144 Å². The number of hydrogen-bond acceptors (Lipinski definition) is 7. The summed E-state index contributed by atoms with van der Waals surface area (Å²) in [4.78, 5) is 26.5. The molecular formula is C16H19N5O4. The lowest BCUT2D eigenvalue weighted by Crippen LogP contribution is -2.48. The van der Waals surface area contributed by atoms with Crippen molar-refractivity contribution in [1.29, 1.82) is 0 Å². The second-order valence-corrected chi connectivity index (χ2v) is 5.92. The van der Waals surface area contributed by atoms with E-state index in [4.69, 9.17) is 4.52 Å². The zero-order valence-electron chi connectivity index (χ0n) is 13.8. The Morgan fingerprint density at radius 2 is 1.96 bits per heavy atom. The van der Waals surface area contributed by atoms with Gasteiger partial charge in [-0.25, -0.2) is 0 Å². The fourth-order valence-corrected chi connectivity index (χ4v) is 2.75. The van der Waals surface area contributed by atoms with Crippen LogP contribution < -0.4 is 10.2 Å². The number of nitrogens with zero attached hydrogens (tertiary/aromatic N) is 4. The number of hydrogen-bond donors (Lipinski definition) is 1. The highest BCUT2D eigenvalue weighted by molar-refractivity contribution is 5.91. The van der Waals surface area contributed by atoms with Gasteiger partial charge >= 0.3 is 0 Å². The molecule has 0 atom stereocenters. The lowest BCUT2D eigenvalue weighted by molar-refractivity contribution is -0.384. The maximum Gasteiger partial charge on any atom is 0.269 e. The molecular weight excluding hydrogens is 326 g/mol. The smallest absolute Gasteiger partial charge is 0.269 e. The molecule has 1 aromatic heterocycles. The van der Waals surface area contributed by atoms with E-state index >= 15 is 0 Å². The van der Waals surface area contributed by atoms with Gasteiger partial charge in [-0.05, 0) is 19.1 Å². The number of nitrogens with one attached hydrogen (secondary N) is 1. The molecule has 2 heterocycles. The Balaban J connectivity index is 1.48. The van der Waals surface area contributed by atoms with E-state index < -0.39 is 4.92 Å². The molecule has 1 aromatic carbocycles. The summed E-state index contributed by atoms with van der Waals surface area (Å²) in [5, 5.41) is 17.1. The Morgan fingerprint density at radius 1 is 1.28 bits per heavy atom. The largest absolute Gasteiger partial charge is 0.369 e. The van der Waals surface area contributed by atoms with Gasteiger partial charge in [-0.3, -0.25) is 25.1 Å². The SMILES string of the molecule is Cc1cc(NC(=O)CN2CCN(c3ccc([N+](=O)[O-])cc3)CC2)on1. The molecule has 0 saturated carbocycles. The van der Waals surface area contributed by atoms with E-state index in [1.54, 1.807) is 25.1 Å². The highest BCUT2D eigenvalue weighted by Gasteiger charge is 2.20. The first-order valence-electron chi connectivity index (χ1n) is 7.96. The lowest BCUT2D eigenvalue weighted by Gasteiger charge is -2.35. The number of nitro benzene ring substituents is 1. The molecule has 0 bridgehead atoms. The third-order valence-corrected chi connectivity index (χ3v) is 4.06. The number of rotatable bonds is 5. The Hall–Kier alpha value is -2.94. The van der Waals surface area contributed by atoms with Crippen LogP contribution in [0.15, 0.2) is 34.9 Å². The minimum Gasteiger partial charge on any atom is -0.369 e. The maximum absolute atomic E-state index is 12.0. The number of nitro groups is 1. The topological polar surface area (TPSA) is 105 Å². The molecule has 9 heteroatoms. The monoisotopic (exact) mass is 345 g/mol. The normalized spacial score (nSPS) is 15.2. The van der Waals surface area contributed by atoms with Gasteiger partial charge in [0.15, 0.2) is 0 Å². The van der Waals surface area contributed by atoms with Crippen LogP contribution in [-0.2, 0) is 4.79 Å². The first-order valence-corrected chi connectivity index (χ1v) is 7.96. The van der Waals surface area contributed by atoms with Gasteiger partial charge in [-0.15, -0.1) is 0 Å². The first kappa shape index (κ1) is 16.9. The van der Waals surface area contributed by atoms with Crippen molar-refractivity contribution >= 4 is 23.2 Å². The van der Waals surface area contributed by atoms with Crippen LogP contribution in [0.25, 0.3) is 0 Å². The number of aromatic nitrogens is 1. The average molecular weight is 345 g/mol. The molecule has 132 valence electrons. The van der Waals surface area contributed by atoms with Crippen LogP contribution in [0.4, 0.5) is 17.3 Å². The number of aryl methyl sites for hydroxylation is 1. The first-order chi connectivity index (χ1) is 12.0. The number of benzene rings is 1. The predicted octanol–water partition coefficient (Wildman–Crippen LogP) is 1.65. The van der Waals surface area contributed by atoms with Crippen LogP contribution >= 0.6 is 0 Å². The van der Waals surface area contributed by atoms with Gasteiger partial charge < -0.3 is 9.42 Å². The Bertz CT molecular complexity index is 750. The number of piperazine rings is 1. The molecule has 25 heavy (non-hydrogen) atoms. The standard InChI is InChI=1S/C16H19N5O4/c1-12-10-16(25-18-12)17-15(22)11-19-6-8-20(9-7-19)13-2-4-14(5-3-13)21(23)24/h2-5,10H,6-9,11H2,1H3,(H,17,22). The van der Waals surface area contributed by atoms with Gasteiger partial charge in [-0.1, -0.05) is 5.16 Å². The van der Waals surface area contributed by atoms with E-state index in [-0.39, 0.29) is 18.1 Å². The maximum atomic E-state index is 12.0. The van der Waals surface area contributed by atoms with E-state index in [9.17, 15) is 14.9 Å². The molecule has 9 nitrogen and oxygen atoms in total. The summed E-state index contributed by atoms with van der Waals surface area (Å²) in [6, 6.07) is 8.20. The highest BCUT2D eigenvalue weighted by Crippen LogP contribution is 2.20. The van der Waals surface area contributed by atoms with Crippen LogP contribution in [0.3, 0.4) is 0 Å². The second kappa shape index (κ2) is 7.31. The number of anilines is 2. The molecule has 3 rings (SSSR count). The van der Waals surface area contributed by atoms with E-state index in [0.29, 0.717) is 11.6 Å². The molecule has 1 aliphatic rings. The van der Waals surface area contributed by atoms with Gasteiger partial charge in [0.1, 0.15) is 0 Å². The quantitative estimate of drug-likeness (QED) is 0.649. The van der Waals surface area contributed by atoms with Gasteiger partial charge in [-0.2, -0.15) is 0 Å². The molecule has 0 aliphatic carbocycles. The molecule has 1 N–H and O–H groups in total. The molecule has 2 aromatic rings. The summed E-state index contributed by atoms with van der Waals surface area (Å²) in [6.07, 6.45) is 0. The minimum atomic E-state index is -0.406. The van der Waals surface area contributed by atoms with Gasteiger partial charge in [0.25, 0.3) is 5.69 Å². The molecule has 1 aliphatic heterocycles. The van der Waals surface area contributed by atoms with Gasteiger partial charge in [0.2, 0.25) is 11.8 Å². The van der Waals surface area contributed by atoms with Crippen molar-refractivity contribution in [2.24, 2.45) is 0 Å². The summed E-state index contributed by atoms with van der Waals surface area (Å²) < 4.78 is 4.97. The van der Waals surface area contributed by atoms with Gasteiger partial charge in [0, 0.05) is 50.1 Å². The zero-order valence-corrected chi connectivity index (χ0v) is 13.8. The average Bonchev–Trinajstić information content (AvgIpc) is 3.00. The lowest BCUT2D eigenvalue weighted by atomic mass is 10.2. The van der Waals surface area contributed by atoms with E-state index in [1.165, 1.54) is 12.1 Å². The van der Waals surface area contributed by atoms with Crippen LogP contribution in [0.1, 0.15) is 5.69 Å². The Kier molecular flexibility index (Phi) is 4.94. The van der Waals surface area contributed by atoms with Crippen LogP contribution in [0, 0.1) is 17.0 Å². The molecule has 1 amide bonds. The molecule has 1 fully saturated rings. The van der Waals surface area contributed by atoms with Crippen molar-refractivity contribution in [3.05, 3.63) is 46.1 Å². The van der Waals surface area contributed by atoms with E-state index in [0.717, 1.165) is 31.9 Å². The van der Waals surface area contributed by atoms with Crippen LogP contribution in [-0.4, -0.2) is 53.6 Å². The second-order valence-electron chi connectivity index (χ2n) is 5.92. The summed E-state index contributed by atoms with van der Waals surface area (Å²) in [7, 11) is 0. The van der Waals surface area contributed by atoms with Crippen LogP contribution in [0.2, 0.25) is 0 Å². The Morgan fingerprint density at radius 3 is 2.52 bits per heavy atom. The van der Waals surface area contributed by atoms with Crippen molar-refractivity contribution < 1.29 is 14.2 Å². The van der Waals surface area contributed by atoms with E-state index in [2.05, 4.69) is 20.3 Å². The third-order valence-electron chi connectivity index (χ3n) is 4.06. The van der Waals surface area contributed by atoms with Crippen molar-refractivity contribution in [3.8, 4) is 0 Å². The zero-order chi connectivity index (χ0) is 17.8. The number of carbonyl (C=O) groups excluding carboxylic acids is 1. The third kappa shape index (κ3) is 4.32. The fraction of sp³-hybridized carbons (Fsp3) is 0.375. The van der Waals surface area contributed by atoms with E-state index in [1.807, 2.05) is 0 Å². The number of non-ortho nitro benzene ring substituents is 1. The summed E-state index contributed by atoms with van der Waals surface area (Å²) in [5.74, 6) is 0.215. The van der Waals surface area contributed by atoms with Crippen molar-refractivity contribution in [3.63, 3.8) is 0 Å². The fourth-order valence-electron chi connectivity index (χ4n) is 2.75. The molecule has 0 spiro atoms. The molecule has 0 unspecified atom stereocenters. The summed E-state index contributed by atoms with van der Waals surface area (Å²) in [6.45, 7) is 5.06. The van der Waals surface area contributed by atoms with Crippen molar-refractivity contribution in [2.45, 2.75) is 6.92 Å². The minimum absolute atomic E-state index is 0.0849. The van der Waals surface area contributed by atoms with Crippen molar-refractivity contribution in [2.75, 3.05) is 42.9 Å². The molecule has 0 radical (unpaired) electrons. The van der Waals surface area contributed by atoms with Crippen molar-refractivity contribution in [1.82, 2.24) is 10.1 Å². The van der Waals surface area contributed by atoms with Gasteiger partial charge in [0.05, 0.1) is 17.2 Å². The summed E-state index contributed by atoms with van der Waals surface area (Å²) >= 11 is 0. The predicted molar refractivity (Wildman–Crippen MR) is 91.6 cm³/mol. The van der Waals surface area contributed by atoms with Crippen LogP contribution in [0.5, 0.6) is 0 Å². The highest BCUT2D eigenvalue weighted by atomic mass is 16.6. The summed E-state index contributed by atoms with van der Waals surface area (Å²) in [5.41, 5.74) is 1.75.